The van der Waals surface area contributed by atoms with Gasteiger partial charge in [0.05, 0.1) is 11.5 Å². The van der Waals surface area contributed by atoms with Crippen LogP contribution in [0.5, 0.6) is 0 Å². The average molecular weight is 270 g/mol. The summed E-state index contributed by atoms with van der Waals surface area (Å²) < 4.78 is 11.0. The topological polar surface area (TPSA) is 35.5 Å². The second-order valence-corrected chi connectivity index (χ2v) is 7.54. The summed E-state index contributed by atoms with van der Waals surface area (Å²) in [6.45, 7) is 13.9. The molecule has 0 spiro atoms. The van der Waals surface area contributed by atoms with Crippen LogP contribution in [-0.4, -0.2) is 25.3 Å². The van der Waals surface area contributed by atoms with Crippen molar-refractivity contribution >= 4 is 5.97 Å². The van der Waals surface area contributed by atoms with Gasteiger partial charge in [0.1, 0.15) is 6.61 Å². The van der Waals surface area contributed by atoms with Crippen molar-refractivity contribution in [3.63, 3.8) is 0 Å². The maximum Gasteiger partial charge on any atom is 0.312 e. The van der Waals surface area contributed by atoms with Crippen LogP contribution in [0.4, 0.5) is 0 Å². The number of carbonyl (C=O) groups is 1. The molecule has 0 N–H and O–H groups in total. The summed E-state index contributed by atoms with van der Waals surface area (Å²) in [5.74, 6) is 0.191. The van der Waals surface area contributed by atoms with Gasteiger partial charge in [0.15, 0.2) is 0 Å². The largest absolute Gasteiger partial charge is 0.463 e. The van der Waals surface area contributed by atoms with Crippen molar-refractivity contribution < 1.29 is 14.3 Å². The number of rotatable bonds is 5. The Morgan fingerprint density at radius 1 is 1.32 bits per heavy atom. The lowest BCUT2D eigenvalue weighted by Crippen LogP contribution is -2.39. The van der Waals surface area contributed by atoms with Crippen LogP contribution < -0.4 is 0 Å². The minimum atomic E-state index is -0.420. The summed E-state index contributed by atoms with van der Waals surface area (Å²) in [6.07, 6.45) is 3.02. The van der Waals surface area contributed by atoms with Gasteiger partial charge in [0, 0.05) is 6.61 Å². The van der Waals surface area contributed by atoms with Crippen LogP contribution in [0.25, 0.3) is 0 Å². The first-order valence-corrected chi connectivity index (χ1v) is 7.44. The van der Waals surface area contributed by atoms with Crippen LogP contribution in [0.15, 0.2) is 0 Å². The Kier molecular flexibility index (Phi) is 5.43. The molecular formula is C16H30O3. The SMILES string of the molecule is CC(C)C(C)(CC(C)(C)C)C(=O)OCC1CCCO1. The molecule has 112 valence electrons. The molecule has 1 rings (SSSR count). The van der Waals surface area contributed by atoms with Gasteiger partial charge in [-0.25, -0.2) is 0 Å². The Morgan fingerprint density at radius 3 is 2.37 bits per heavy atom. The highest BCUT2D eigenvalue weighted by Crippen LogP contribution is 2.40. The van der Waals surface area contributed by atoms with Crippen LogP contribution in [0, 0.1) is 16.7 Å². The summed E-state index contributed by atoms with van der Waals surface area (Å²) in [5, 5.41) is 0. The molecule has 1 aliphatic rings. The minimum absolute atomic E-state index is 0.0760. The quantitative estimate of drug-likeness (QED) is 0.713. The zero-order valence-corrected chi connectivity index (χ0v) is 13.4. The van der Waals surface area contributed by atoms with Crippen molar-refractivity contribution in [1.82, 2.24) is 0 Å². The fraction of sp³-hybridized carbons (Fsp3) is 0.938. The van der Waals surface area contributed by atoms with Crippen LogP contribution in [-0.2, 0) is 14.3 Å². The molecule has 1 heterocycles. The summed E-state index contributed by atoms with van der Waals surface area (Å²) >= 11 is 0. The van der Waals surface area contributed by atoms with Gasteiger partial charge in [0.25, 0.3) is 0 Å². The van der Waals surface area contributed by atoms with E-state index in [9.17, 15) is 4.79 Å². The van der Waals surface area contributed by atoms with Gasteiger partial charge >= 0.3 is 5.97 Å². The molecule has 0 aromatic heterocycles. The van der Waals surface area contributed by atoms with E-state index in [0.29, 0.717) is 6.61 Å². The fourth-order valence-electron chi connectivity index (χ4n) is 2.72. The van der Waals surface area contributed by atoms with Crippen LogP contribution in [0.2, 0.25) is 0 Å². The lowest BCUT2D eigenvalue weighted by atomic mass is 9.69. The predicted molar refractivity (Wildman–Crippen MR) is 77.0 cm³/mol. The standard InChI is InChI=1S/C16H30O3/c1-12(2)16(6,11-15(3,4)5)14(17)19-10-13-8-7-9-18-13/h12-13H,7-11H2,1-6H3. The molecule has 0 aromatic rings. The second-order valence-electron chi connectivity index (χ2n) is 7.54. The van der Waals surface area contributed by atoms with E-state index in [1.165, 1.54) is 0 Å². The van der Waals surface area contributed by atoms with Crippen LogP contribution >= 0.6 is 0 Å². The Bertz CT molecular complexity index is 298. The first-order valence-electron chi connectivity index (χ1n) is 7.44. The molecular weight excluding hydrogens is 240 g/mol. The second kappa shape index (κ2) is 6.25. The molecule has 0 aromatic carbocycles. The van der Waals surface area contributed by atoms with Gasteiger partial charge in [-0.05, 0) is 37.5 Å². The van der Waals surface area contributed by atoms with Crippen molar-refractivity contribution in [3.05, 3.63) is 0 Å². The summed E-state index contributed by atoms with van der Waals surface area (Å²) in [6, 6.07) is 0. The van der Waals surface area contributed by atoms with Crippen molar-refractivity contribution in [2.24, 2.45) is 16.7 Å². The predicted octanol–water partition coefficient (Wildman–Crippen LogP) is 3.81. The fourth-order valence-corrected chi connectivity index (χ4v) is 2.72. The van der Waals surface area contributed by atoms with Crippen molar-refractivity contribution in [3.8, 4) is 0 Å². The average Bonchev–Trinajstić information content (AvgIpc) is 2.75. The van der Waals surface area contributed by atoms with Gasteiger partial charge in [0.2, 0.25) is 0 Å². The van der Waals surface area contributed by atoms with Gasteiger partial charge in [-0.15, -0.1) is 0 Å². The molecule has 2 atom stereocenters. The molecule has 0 aliphatic carbocycles. The lowest BCUT2D eigenvalue weighted by Gasteiger charge is -2.37. The van der Waals surface area contributed by atoms with E-state index >= 15 is 0 Å². The molecule has 2 unspecified atom stereocenters. The molecule has 1 saturated heterocycles. The number of hydrogen-bond acceptors (Lipinski definition) is 3. The minimum Gasteiger partial charge on any atom is -0.463 e. The molecule has 3 nitrogen and oxygen atoms in total. The lowest BCUT2D eigenvalue weighted by molar-refractivity contribution is -0.163. The molecule has 19 heavy (non-hydrogen) atoms. The first kappa shape index (κ1) is 16.5. The maximum absolute atomic E-state index is 12.5. The van der Waals surface area contributed by atoms with E-state index in [2.05, 4.69) is 34.6 Å². The highest BCUT2D eigenvalue weighted by molar-refractivity contribution is 5.76. The Labute approximate surface area is 118 Å². The first-order chi connectivity index (χ1) is 8.65. The zero-order valence-electron chi connectivity index (χ0n) is 13.4. The molecule has 0 saturated carbocycles. The zero-order chi connectivity index (χ0) is 14.7. The van der Waals surface area contributed by atoms with Crippen LogP contribution in [0.3, 0.4) is 0 Å². The van der Waals surface area contributed by atoms with Crippen molar-refractivity contribution in [2.45, 2.75) is 66.9 Å². The van der Waals surface area contributed by atoms with Gasteiger partial charge in [-0.1, -0.05) is 34.6 Å². The smallest absolute Gasteiger partial charge is 0.312 e. The van der Waals surface area contributed by atoms with Gasteiger partial charge in [-0.3, -0.25) is 4.79 Å². The van der Waals surface area contributed by atoms with Crippen molar-refractivity contribution in [2.75, 3.05) is 13.2 Å². The molecule has 1 fully saturated rings. The number of carbonyl (C=O) groups excluding carboxylic acids is 1. The van der Waals surface area contributed by atoms with Gasteiger partial charge < -0.3 is 9.47 Å². The number of hydrogen-bond donors (Lipinski definition) is 0. The molecule has 0 bridgehead atoms. The maximum atomic E-state index is 12.5. The van der Waals surface area contributed by atoms with E-state index in [0.717, 1.165) is 25.9 Å². The highest BCUT2D eigenvalue weighted by atomic mass is 16.6. The molecule has 0 radical (unpaired) electrons. The summed E-state index contributed by atoms with van der Waals surface area (Å²) in [5.41, 5.74) is -0.307. The molecule has 1 aliphatic heterocycles. The monoisotopic (exact) mass is 270 g/mol. The Balaban J connectivity index is 2.61. The third kappa shape index (κ3) is 4.79. The van der Waals surface area contributed by atoms with E-state index in [1.54, 1.807) is 0 Å². The summed E-state index contributed by atoms with van der Waals surface area (Å²) in [4.78, 5) is 12.5. The normalized spacial score (nSPS) is 23.4. The Hall–Kier alpha value is -0.570. The van der Waals surface area contributed by atoms with Crippen LogP contribution in [0.1, 0.15) is 60.8 Å². The third-order valence-electron chi connectivity index (χ3n) is 4.06. The Morgan fingerprint density at radius 2 is 1.95 bits per heavy atom. The van der Waals surface area contributed by atoms with Gasteiger partial charge in [-0.2, -0.15) is 0 Å². The number of ether oxygens (including phenoxy) is 2. The van der Waals surface area contributed by atoms with E-state index in [1.807, 2.05) is 6.92 Å². The number of esters is 1. The molecule has 0 amide bonds. The highest BCUT2D eigenvalue weighted by Gasteiger charge is 2.41. The molecule has 3 heteroatoms. The van der Waals surface area contributed by atoms with E-state index in [4.69, 9.17) is 9.47 Å². The van der Waals surface area contributed by atoms with E-state index < -0.39 is 5.41 Å². The third-order valence-corrected chi connectivity index (χ3v) is 4.06. The van der Waals surface area contributed by atoms with E-state index in [-0.39, 0.29) is 23.4 Å². The van der Waals surface area contributed by atoms with Crippen molar-refractivity contribution in [1.29, 1.82) is 0 Å². The summed E-state index contributed by atoms with van der Waals surface area (Å²) in [7, 11) is 0.